The molecule has 1 saturated carbocycles. The first-order chi connectivity index (χ1) is 7.36. The predicted molar refractivity (Wildman–Crippen MR) is 61.9 cm³/mol. The molecule has 1 fully saturated rings. The number of rotatable bonds is 0. The van der Waals surface area contributed by atoms with Gasteiger partial charge in [-0.1, -0.05) is 27.2 Å². The van der Waals surface area contributed by atoms with Crippen molar-refractivity contribution in [1.29, 1.82) is 0 Å². The zero-order chi connectivity index (χ0) is 12.0. The average Bonchev–Trinajstić information content (AvgIpc) is 2.41. The third kappa shape index (κ3) is 1.60. The summed E-state index contributed by atoms with van der Waals surface area (Å²) < 4.78 is 5.62. The maximum absolute atomic E-state index is 12.0. The zero-order valence-electron chi connectivity index (χ0n) is 10.2. The Morgan fingerprint density at radius 2 is 2.12 bits per heavy atom. The van der Waals surface area contributed by atoms with Crippen LogP contribution in [-0.2, 0) is 9.53 Å². The Balaban J connectivity index is 2.34. The van der Waals surface area contributed by atoms with Crippen molar-refractivity contribution in [3.05, 3.63) is 0 Å². The number of aliphatic imine (C=N–C) groups is 1. The van der Waals surface area contributed by atoms with Gasteiger partial charge in [0, 0.05) is 5.92 Å². The van der Waals surface area contributed by atoms with Crippen molar-refractivity contribution in [1.82, 2.24) is 0 Å². The van der Waals surface area contributed by atoms with Crippen LogP contribution in [0.25, 0.3) is 0 Å². The highest BCUT2D eigenvalue weighted by Crippen LogP contribution is 2.48. The number of carbonyl (C=O) groups is 1. The highest BCUT2D eigenvalue weighted by Gasteiger charge is 2.56. The van der Waals surface area contributed by atoms with Crippen LogP contribution >= 0.6 is 0 Å². The molecule has 1 spiro atoms. The van der Waals surface area contributed by atoms with Gasteiger partial charge in [0.2, 0.25) is 0 Å². The van der Waals surface area contributed by atoms with Gasteiger partial charge in [0.25, 0.3) is 11.9 Å². The molecule has 4 nitrogen and oxygen atoms in total. The van der Waals surface area contributed by atoms with Crippen molar-refractivity contribution in [2.24, 2.45) is 22.1 Å². The fourth-order valence-electron chi connectivity index (χ4n) is 3.10. The van der Waals surface area contributed by atoms with Gasteiger partial charge in [-0.2, -0.15) is 4.99 Å². The van der Waals surface area contributed by atoms with E-state index in [9.17, 15) is 4.79 Å². The minimum Gasteiger partial charge on any atom is -0.448 e. The van der Waals surface area contributed by atoms with E-state index in [2.05, 4.69) is 25.8 Å². The number of carbonyl (C=O) groups excluding carboxylic acids is 1. The molecule has 0 radical (unpaired) electrons. The third-order valence-corrected chi connectivity index (χ3v) is 3.76. The summed E-state index contributed by atoms with van der Waals surface area (Å²) in [6.07, 6.45) is 3.93. The van der Waals surface area contributed by atoms with Crippen LogP contribution in [0.3, 0.4) is 0 Å². The molecule has 90 valence electrons. The molecule has 2 aliphatic rings. The molecule has 1 aliphatic carbocycles. The summed E-state index contributed by atoms with van der Waals surface area (Å²) in [7, 11) is 0. The molecule has 16 heavy (non-hydrogen) atoms. The standard InChI is InChI=1S/C12H20N2O2/c1-11(2,3)8-6-4-5-7-12(8)9(15)14-10(13)16-12/h8H,4-7H2,1-3H3,(H2,13,14,15). The summed E-state index contributed by atoms with van der Waals surface area (Å²) in [5.74, 6) is 0.0238. The van der Waals surface area contributed by atoms with E-state index in [-0.39, 0.29) is 23.3 Å². The van der Waals surface area contributed by atoms with Crippen molar-refractivity contribution >= 4 is 11.9 Å². The number of nitrogens with zero attached hydrogens (tertiary/aromatic N) is 1. The van der Waals surface area contributed by atoms with E-state index >= 15 is 0 Å². The Bertz CT molecular complexity index is 343. The molecule has 0 saturated heterocycles. The summed E-state index contributed by atoms with van der Waals surface area (Å²) in [5.41, 5.74) is 4.82. The smallest absolute Gasteiger partial charge is 0.294 e. The summed E-state index contributed by atoms with van der Waals surface area (Å²) >= 11 is 0. The van der Waals surface area contributed by atoms with Crippen molar-refractivity contribution in [2.45, 2.75) is 52.1 Å². The second-order valence-electron chi connectivity index (χ2n) is 5.91. The Kier molecular flexibility index (Phi) is 2.48. The van der Waals surface area contributed by atoms with E-state index in [0.29, 0.717) is 0 Å². The molecule has 1 heterocycles. The molecular weight excluding hydrogens is 204 g/mol. The fourth-order valence-corrected chi connectivity index (χ4v) is 3.10. The predicted octanol–water partition coefficient (Wildman–Crippen LogP) is 1.83. The Morgan fingerprint density at radius 1 is 1.44 bits per heavy atom. The van der Waals surface area contributed by atoms with Crippen molar-refractivity contribution in [3.63, 3.8) is 0 Å². The summed E-state index contributed by atoms with van der Waals surface area (Å²) in [6, 6.07) is 0.0427. The van der Waals surface area contributed by atoms with E-state index < -0.39 is 5.60 Å². The van der Waals surface area contributed by atoms with Gasteiger partial charge in [-0.15, -0.1) is 0 Å². The van der Waals surface area contributed by atoms with Crippen molar-refractivity contribution < 1.29 is 9.53 Å². The van der Waals surface area contributed by atoms with Crippen LogP contribution in [-0.4, -0.2) is 17.5 Å². The first kappa shape index (κ1) is 11.4. The molecule has 0 bridgehead atoms. The SMILES string of the molecule is CC(C)(C)C1CCCCC12OC(N)=NC2=O. The van der Waals surface area contributed by atoms with Crippen LogP contribution in [0.5, 0.6) is 0 Å². The fraction of sp³-hybridized carbons (Fsp3) is 0.833. The van der Waals surface area contributed by atoms with Crippen molar-refractivity contribution in [2.75, 3.05) is 0 Å². The largest absolute Gasteiger partial charge is 0.448 e. The molecule has 0 aromatic heterocycles. The lowest BCUT2D eigenvalue weighted by atomic mass is 9.63. The maximum Gasteiger partial charge on any atom is 0.294 e. The maximum atomic E-state index is 12.0. The first-order valence-electron chi connectivity index (χ1n) is 5.94. The van der Waals surface area contributed by atoms with Gasteiger partial charge in [-0.05, 0) is 24.7 Å². The molecular formula is C12H20N2O2. The molecule has 2 unspecified atom stereocenters. The summed E-state index contributed by atoms with van der Waals surface area (Å²) in [5, 5.41) is 0. The van der Waals surface area contributed by atoms with E-state index in [0.717, 1.165) is 25.7 Å². The van der Waals surface area contributed by atoms with Gasteiger partial charge in [-0.25, -0.2) is 0 Å². The van der Waals surface area contributed by atoms with Crippen LogP contribution < -0.4 is 5.73 Å². The molecule has 2 atom stereocenters. The third-order valence-electron chi connectivity index (χ3n) is 3.76. The number of hydrogen-bond acceptors (Lipinski definition) is 3. The van der Waals surface area contributed by atoms with Gasteiger partial charge in [0.15, 0.2) is 5.60 Å². The summed E-state index contributed by atoms with van der Waals surface area (Å²) in [6.45, 7) is 6.45. The first-order valence-corrected chi connectivity index (χ1v) is 5.94. The van der Waals surface area contributed by atoms with Gasteiger partial charge >= 0.3 is 0 Å². The Hall–Kier alpha value is -1.06. The number of nitrogens with two attached hydrogens (primary N) is 1. The van der Waals surface area contributed by atoms with Crippen LogP contribution in [0, 0.1) is 11.3 Å². The van der Waals surface area contributed by atoms with Crippen LogP contribution in [0.1, 0.15) is 46.5 Å². The minimum absolute atomic E-state index is 0.0379. The quantitative estimate of drug-likeness (QED) is 0.682. The molecule has 4 heteroatoms. The Morgan fingerprint density at radius 3 is 2.62 bits per heavy atom. The number of ether oxygens (including phenoxy) is 1. The van der Waals surface area contributed by atoms with Gasteiger partial charge < -0.3 is 10.5 Å². The monoisotopic (exact) mass is 224 g/mol. The molecule has 0 aromatic carbocycles. The van der Waals surface area contributed by atoms with Gasteiger partial charge in [0.1, 0.15) is 0 Å². The highest BCUT2D eigenvalue weighted by atomic mass is 16.5. The van der Waals surface area contributed by atoms with E-state index in [1.807, 2.05) is 0 Å². The Labute approximate surface area is 96.3 Å². The minimum atomic E-state index is -0.763. The lowest BCUT2D eigenvalue weighted by Crippen LogP contribution is -2.52. The van der Waals surface area contributed by atoms with Crippen LogP contribution in [0.4, 0.5) is 0 Å². The lowest BCUT2D eigenvalue weighted by molar-refractivity contribution is -0.145. The molecule has 0 aromatic rings. The van der Waals surface area contributed by atoms with Crippen LogP contribution in [0.2, 0.25) is 0 Å². The zero-order valence-corrected chi connectivity index (χ0v) is 10.2. The molecule has 2 N–H and O–H groups in total. The second-order valence-corrected chi connectivity index (χ2v) is 5.91. The molecule has 1 amide bonds. The number of amidine groups is 1. The summed E-state index contributed by atoms with van der Waals surface area (Å²) in [4.78, 5) is 15.8. The number of hydrogen-bond donors (Lipinski definition) is 1. The average molecular weight is 224 g/mol. The lowest BCUT2D eigenvalue weighted by Gasteiger charge is -2.44. The second kappa shape index (κ2) is 3.47. The highest BCUT2D eigenvalue weighted by molar-refractivity contribution is 6.01. The van der Waals surface area contributed by atoms with Crippen molar-refractivity contribution in [3.8, 4) is 0 Å². The molecule has 2 rings (SSSR count). The van der Waals surface area contributed by atoms with Gasteiger partial charge in [-0.3, -0.25) is 4.79 Å². The van der Waals surface area contributed by atoms with Gasteiger partial charge in [0.05, 0.1) is 0 Å². The van der Waals surface area contributed by atoms with E-state index in [1.165, 1.54) is 0 Å². The van der Waals surface area contributed by atoms with E-state index in [4.69, 9.17) is 10.5 Å². The topological polar surface area (TPSA) is 64.7 Å². The molecule has 1 aliphatic heterocycles. The normalized spacial score (nSPS) is 35.1. The van der Waals surface area contributed by atoms with Crippen LogP contribution in [0.15, 0.2) is 4.99 Å². The number of amides is 1. The van der Waals surface area contributed by atoms with E-state index in [1.54, 1.807) is 0 Å².